The van der Waals surface area contributed by atoms with Crippen LogP contribution in [0.2, 0.25) is 0 Å². The molecule has 34 nitrogen and oxygen atoms in total. The standard InChI is InChI=1S/C106H159N21O13/c1-3-105(90-71-93-100-79(68-77-18-7-9-29-92(77)120-100)74-127(93)103(136)101(90)118-72-94(105)130)139-97(133)35-32-85(129)31-33-95(131)116-49-58-124(55-43-111-40-39-110-41-42-113-80-19-12-20-80)64-62-122(54-44-112-46-60-126(83-25-15-26-83)59-45-109-38-36-107)51-11-5-10-50-121(53-37-108)61-65-125(57-48-115-82-23-14-24-82)66-63-123(56-47-114-81-21-13-22-81)52-16-27-84(128)30-34-96(132)117-73-98(134)140-106(4-2)89-70-86-87(102(135)88(89)75-138-104(106)137)69-78-67-76-17-6-8-28-91(76)119-99(78)86/h6-9,17-18,28-29,67-68,70-71,80-83,87,109-115,118H,3-5,10-16,19-27,30-66,69,72-75,107-108H2,1-2H3,(H,116,131)(H,117,132)/t87?,105-,106-/m0/s1. The lowest BCUT2D eigenvalue weighted by molar-refractivity contribution is -0.179. The number of anilines is 1. The van der Waals surface area contributed by atoms with E-state index in [2.05, 4.69) is 88.6 Å². The molecule has 1 unspecified atom stereocenters. The van der Waals surface area contributed by atoms with Crippen molar-refractivity contribution in [3.05, 3.63) is 117 Å². The van der Waals surface area contributed by atoms with Gasteiger partial charge in [0.2, 0.25) is 17.4 Å². The van der Waals surface area contributed by atoms with Gasteiger partial charge in [0.1, 0.15) is 30.4 Å². The quantitative estimate of drug-likeness (QED) is 0.0132. The molecule has 0 spiro atoms. The summed E-state index contributed by atoms with van der Waals surface area (Å²) in [4.78, 5) is 163. The van der Waals surface area contributed by atoms with E-state index < -0.39 is 53.3 Å². The number of hydrogen-bond acceptors (Lipinski definition) is 31. The second kappa shape index (κ2) is 54.6. The normalized spacial score (nSPS) is 18.9. The Kier molecular flexibility index (Phi) is 41.6. The smallest absolute Gasteiger partial charge is 0.355 e. The minimum Gasteiger partial charge on any atom is -0.457 e. The summed E-state index contributed by atoms with van der Waals surface area (Å²) in [7, 11) is 0. The predicted molar refractivity (Wildman–Crippen MR) is 546 cm³/mol. The van der Waals surface area contributed by atoms with Crippen molar-refractivity contribution in [3.8, 4) is 11.4 Å². The molecule has 14 N–H and O–H groups in total. The Bertz CT molecular complexity index is 5110. The van der Waals surface area contributed by atoms with Crippen LogP contribution in [-0.4, -0.2) is 349 Å². The third-order valence-corrected chi connectivity index (χ3v) is 30.4. The number of ether oxygens (including phenoxy) is 3. The van der Waals surface area contributed by atoms with Gasteiger partial charge in [-0.25, -0.2) is 14.8 Å². The average molecular weight is 1940 g/mol. The van der Waals surface area contributed by atoms with Crippen LogP contribution in [0.4, 0.5) is 5.69 Å². The number of esters is 3. The third-order valence-electron chi connectivity index (χ3n) is 30.4. The number of nitrogens with zero attached hydrogens (tertiary/aromatic N) is 9. The van der Waals surface area contributed by atoms with E-state index in [-0.39, 0.29) is 110 Å². The van der Waals surface area contributed by atoms with Gasteiger partial charge in [0, 0.05) is 279 Å². The van der Waals surface area contributed by atoms with E-state index in [1.165, 1.54) is 77.0 Å². The number of hydrogen-bond donors (Lipinski definition) is 12. The van der Waals surface area contributed by atoms with Crippen LogP contribution < -0.4 is 70.2 Å². The number of unbranched alkanes of at least 4 members (excludes halogenated alkanes) is 2. The third kappa shape index (κ3) is 29.6. The predicted octanol–water partition coefficient (Wildman–Crippen LogP) is 5.23. The number of nitrogens with two attached hydrogens (primary N) is 2. The summed E-state index contributed by atoms with van der Waals surface area (Å²) in [6.45, 7) is 28.5. The van der Waals surface area contributed by atoms with Crippen molar-refractivity contribution in [3.63, 3.8) is 0 Å². The number of fused-ring (bicyclic) bond motifs is 9. The summed E-state index contributed by atoms with van der Waals surface area (Å²) in [6.07, 6.45) is 20.6. The number of cyclic esters (lactones) is 1. The SMILES string of the molecule is CC[C@@]1(OC(=O)CNC(=O)CCC(=O)CCCN(CCNC2CCC2)CCN(CCNC2CCC2)CCN(CCN)CCCCCN(CCNCCN(CCNCCN)C2CCC2)CCN(CCNCCNCCNC2CCC2)CCNC(=O)CCC(=O)CCC(=O)O[C@]2(CC)C(=O)CNc3c2cc2n(c3=O)Cc3cc4ccccc4nc3-2)C(=O)OCC2=C1C=C1c3nc4ccccc4cc3CC1C2=O. The van der Waals surface area contributed by atoms with E-state index in [4.69, 9.17) is 35.6 Å². The fraction of sp³-hybridized carbons (Fsp3) is 0.660. The molecule has 3 aromatic heterocycles. The van der Waals surface area contributed by atoms with E-state index in [9.17, 15) is 47.9 Å². The van der Waals surface area contributed by atoms with E-state index in [0.717, 1.165) is 229 Å². The number of ketones is 4. The van der Waals surface area contributed by atoms with Gasteiger partial charge >= 0.3 is 17.9 Å². The second-order valence-corrected chi connectivity index (χ2v) is 39.9. The van der Waals surface area contributed by atoms with Crippen molar-refractivity contribution in [1.29, 1.82) is 0 Å². The molecule has 4 fully saturated rings. The van der Waals surface area contributed by atoms with Crippen LogP contribution in [-0.2, 0) is 75.9 Å². The van der Waals surface area contributed by atoms with Crippen LogP contribution in [0.5, 0.6) is 0 Å². The molecule has 2 aromatic carbocycles. The van der Waals surface area contributed by atoms with Crippen LogP contribution >= 0.6 is 0 Å². The zero-order valence-electron chi connectivity index (χ0n) is 83.4. The van der Waals surface area contributed by atoms with Crippen molar-refractivity contribution in [2.75, 3.05) is 228 Å². The van der Waals surface area contributed by atoms with Crippen molar-refractivity contribution < 1.29 is 57.4 Å². The summed E-state index contributed by atoms with van der Waals surface area (Å²) in [6, 6.07) is 23.7. The molecule has 3 aliphatic heterocycles. The van der Waals surface area contributed by atoms with Gasteiger partial charge in [0.05, 0.1) is 53.5 Å². The lowest BCUT2D eigenvalue weighted by Gasteiger charge is -2.38. The Morgan fingerprint density at radius 2 is 1.00 bits per heavy atom. The van der Waals surface area contributed by atoms with Crippen molar-refractivity contribution in [2.24, 2.45) is 17.4 Å². The highest BCUT2D eigenvalue weighted by Crippen LogP contribution is 2.49. The van der Waals surface area contributed by atoms with E-state index in [0.29, 0.717) is 104 Å². The highest BCUT2D eigenvalue weighted by Gasteiger charge is 2.55. The number of allylic oxidation sites excluding steroid dienone is 1. The maximum absolute atomic E-state index is 14.2. The molecule has 0 radical (unpaired) electrons. The Morgan fingerprint density at radius 1 is 0.493 bits per heavy atom. The van der Waals surface area contributed by atoms with Gasteiger partial charge in [-0.05, 0) is 157 Å². The van der Waals surface area contributed by atoms with Crippen LogP contribution in [0.1, 0.15) is 197 Å². The molecule has 14 rings (SSSR count). The second-order valence-electron chi connectivity index (χ2n) is 39.9. The number of carbonyl (C=O) groups is 9. The van der Waals surface area contributed by atoms with E-state index >= 15 is 0 Å². The summed E-state index contributed by atoms with van der Waals surface area (Å²) in [5.74, 6) is -4.54. The van der Waals surface area contributed by atoms with Crippen LogP contribution in [0, 0.1) is 5.92 Å². The molecule has 5 aromatic rings. The molecule has 34 heteroatoms. The summed E-state index contributed by atoms with van der Waals surface area (Å²) in [5.41, 5.74) is 15.2. The topological polar surface area (TPSA) is 421 Å². The number of aromatic nitrogens is 3. The zero-order valence-corrected chi connectivity index (χ0v) is 83.4. The number of benzene rings is 2. The molecule has 6 heterocycles. The van der Waals surface area contributed by atoms with Crippen molar-refractivity contribution >= 4 is 85.9 Å². The molecular weight excluding hydrogens is 1780 g/mol. The molecule has 3 atom stereocenters. The maximum Gasteiger partial charge on any atom is 0.355 e. The van der Waals surface area contributed by atoms with Gasteiger partial charge in [-0.15, -0.1) is 0 Å². The molecule has 4 saturated carbocycles. The Morgan fingerprint density at radius 3 is 1.60 bits per heavy atom. The minimum absolute atomic E-state index is 0.00705. The first-order valence-corrected chi connectivity index (χ1v) is 53.1. The zero-order chi connectivity index (χ0) is 98.0. The molecule has 6 aliphatic carbocycles. The number of Topliss-reactive ketones (excluding diaryl/α,β-unsaturated/α-hetero) is 4. The lowest BCUT2D eigenvalue weighted by atomic mass is 9.75. The largest absolute Gasteiger partial charge is 0.457 e. The minimum atomic E-state index is -1.90. The van der Waals surface area contributed by atoms with Gasteiger partial charge in [-0.2, -0.15) is 0 Å². The number of nitrogens with one attached hydrogen (secondary N) is 10. The molecule has 2 amide bonds. The molecule has 9 aliphatic rings. The van der Waals surface area contributed by atoms with Crippen LogP contribution in [0.3, 0.4) is 0 Å². The Balaban J connectivity index is 0.541. The first-order chi connectivity index (χ1) is 68.3. The lowest BCUT2D eigenvalue weighted by Crippen LogP contribution is -2.52. The molecule has 766 valence electrons. The Hall–Kier alpha value is -9.08. The molecular formula is C106H159N21O13. The van der Waals surface area contributed by atoms with Gasteiger partial charge in [0.25, 0.3) is 5.56 Å². The highest BCUT2D eigenvalue weighted by atomic mass is 16.6. The van der Waals surface area contributed by atoms with E-state index in [1.54, 1.807) is 30.6 Å². The van der Waals surface area contributed by atoms with Gasteiger partial charge < -0.3 is 98.1 Å². The van der Waals surface area contributed by atoms with Crippen molar-refractivity contribution in [2.45, 2.75) is 223 Å². The fourth-order valence-corrected chi connectivity index (χ4v) is 20.8. The number of carbonyl (C=O) groups excluding carboxylic acids is 9. The fourth-order valence-electron chi connectivity index (χ4n) is 20.8. The molecule has 140 heavy (non-hydrogen) atoms. The van der Waals surface area contributed by atoms with E-state index in [1.807, 2.05) is 54.6 Å². The van der Waals surface area contributed by atoms with Gasteiger partial charge in [-0.3, -0.25) is 57.9 Å². The summed E-state index contributed by atoms with van der Waals surface area (Å²) < 4.78 is 19.3. The molecule has 0 bridgehead atoms. The number of rotatable bonds is 69. The van der Waals surface area contributed by atoms with Crippen LogP contribution in [0.15, 0.2) is 88.7 Å². The first-order valence-electron chi connectivity index (χ1n) is 53.1. The maximum atomic E-state index is 14.2. The number of pyridine rings is 3. The van der Waals surface area contributed by atoms with Crippen LogP contribution in [0.25, 0.3) is 38.8 Å². The molecule has 0 saturated heterocycles. The average Bonchev–Trinajstić information content (AvgIpc) is 1.51. The van der Waals surface area contributed by atoms with Crippen molar-refractivity contribution in [1.82, 2.24) is 91.8 Å². The monoisotopic (exact) mass is 1930 g/mol. The summed E-state index contributed by atoms with van der Waals surface area (Å²) in [5, 5.41) is 36.5. The van der Waals surface area contributed by atoms with Gasteiger partial charge in [0.15, 0.2) is 17.2 Å². The first kappa shape index (κ1) is 107. The summed E-state index contributed by atoms with van der Waals surface area (Å²) >= 11 is 0. The number of para-hydroxylation sites is 2. The highest BCUT2D eigenvalue weighted by molar-refractivity contribution is 6.13. The number of amides is 2. The van der Waals surface area contributed by atoms with Gasteiger partial charge in [-0.1, -0.05) is 82.3 Å². The Labute approximate surface area is 826 Å².